The zero-order chi connectivity index (χ0) is 16.5. The van der Waals surface area contributed by atoms with Crippen molar-refractivity contribution in [2.45, 2.75) is 32.2 Å². The van der Waals surface area contributed by atoms with Gasteiger partial charge in [-0.05, 0) is 47.2 Å². The molecular formula is C15H19IN2O4. The standard InChI is InChI=1S/C15H19IN2O4/c1-2-22-14(20)7-6-13(19)18-12(15(17)21)9-10-4-3-5-11(16)8-10/h3-5,8,12H,2,6-7,9H2,1H3,(H2,17,21)(H,18,19)/t12-/m1/s1. The van der Waals surface area contributed by atoms with Crippen molar-refractivity contribution in [3.8, 4) is 0 Å². The van der Waals surface area contributed by atoms with Crippen LogP contribution in [0.3, 0.4) is 0 Å². The van der Waals surface area contributed by atoms with Crippen LogP contribution in [0, 0.1) is 3.57 Å². The summed E-state index contributed by atoms with van der Waals surface area (Å²) in [6.07, 6.45) is 0.265. The van der Waals surface area contributed by atoms with Gasteiger partial charge in [-0.3, -0.25) is 14.4 Å². The van der Waals surface area contributed by atoms with E-state index in [1.807, 2.05) is 24.3 Å². The van der Waals surface area contributed by atoms with Gasteiger partial charge in [-0.15, -0.1) is 0 Å². The summed E-state index contributed by atoms with van der Waals surface area (Å²) in [6, 6.07) is 6.79. The van der Waals surface area contributed by atoms with Gasteiger partial charge in [-0.1, -0.05) is 12.1 Å². The van der Waals surface area contributed by atoms with Crippen LogP contribution in [0.4, 0.5) is 0 Å². The number of hydrogen-bond donors (Lipinski definition) is 2. The predicted molar refractivity (Wildman–Crippen MR) is 89.9 cm³/mol. The fraction of sp³-hybridized carbons (Fsp3) is 0.400. The Morgan fingerprint density at radius 3 is 2.64 bits per heavy atom. The van der Waals surface area contributed by atoms with Crippen LogP contribution in [0.5, 0.6) is 0 Å². The Labute approximate surface area is 142 Å². The van der Waals surface area contributed by atoms with Gasteiger partial charge in [-0.25, -0.2) is 0 Å². The minimum absolute atomic E-state index is 0.0195. The minimum atomic E-state index is -0.798. The molecule has 0 spiro atoms. The molecule has 1 aromatic carbocycles. The number of carbonyl (C=O) groups excluding carboxylic acids is 3. The summed E-state index contributed by atoms with van der Waals surface area (Å²) in [5.41, 5.74) is 6.23. The Balaban J connectivity index is 2.55. The molecular weight excluding hydrogens is 399 g/mol. The zero-order valence-corrected chi connectivity index (χ0v) is 14.5. The Kier molecular flexibility index (Phi) is 7.86. The van der Waals surface area contributed by atoms with Crippen molar-refractivity contribution in [3.05, 3.63) is 33.4 Å². The van der Waals surface area contributed by atoms with E-state index >= 15 is 0 Å². The molecule has 0 bridgehead atoms. The summed E-state index contributed by atoms with van der Waals surface area (Å²) in [5, 5.41) is 2.56. The van der Waals surface area contributed by atoms with Crippen molar-refractivity contribution < 1.29 is 19.1 Å². The van der Waals surface area contributed by atoms with Crippen LogP contribution >= 0.6 is 22.6 Å². The largest absolute Gasteiger partial charge is 0.466 e. The van der Waals surface area contributed by atoms with Crippen LogP contribution in [-0.2, 0) is 25.5 Å². The van der Waals surface area contributed by atoms with Gasteiger partial charge in [0, 0.05) is 16.4 Å². The van der Waals surface area contributed by atoms with Crippen LogP contribution in [-0.4, -0.2) is 30.4 Å². The number of nitrogens with one attached hydrogen (secondary N) is 1. The molecule has 0 aliphatic rings. The van der Waals surface area contributed by atoms with Crippen molar-refractivity contribution in [1.82, 2.24) is 5.32 Å². The average molecular weight is 418 g/mol. The molecule has 0 saturated heterocycles. The Morgan fingerprint density at radius 1 is 1.32 bits per heavy atom. The molecule has 1 aromatic rings. The number of ether oxygens (including phenoxy) is 1. The topological polar surface area (TPSA) is 98.5 Å². The van der Waals surface area contributed by atoms with E-state index in [0.29, 0.717) is 6.42 Å². The summed E-state index contributed by atoms with van der Waals surface area (Å²) in [5.74, 6) is -1.45. The number of halogens is 1. The Bertz CT molecular complexity index is 548. The van der Waals surface area contributed by atoms with Gasteiger partial charge in [0.05, 0.1) is 13.0 Å². The molecule has 6 nitrogen and oxygen atoms in total. The van der Waals surface area contributed by atoms with Crippen molar-refractivity contribution in [1.29, 1.82) is 0 Å². The molecule has 3 N–H and O–H groups in total. The van der Waals surface area contributed by atoms with E-state index in [1.54, 1.807) is 6.92 Å². The minimum Gasteiger partial charge on any atom is -0.466 e. The van der Waals surface area contributed by atoms with Crippen LogP contribution < -0.4 is 11.1 Å². The maximum absolute atomic E-state index is 11.8. The van der Waals surface area contributed by atoms with E-state index in [9.17, 15) is 14.4 Å². The van der Waals surface area contributed by atoms with Gasteiger partial charge in [0.2, 0.25) is 11.8 Å². The number of hydrogen-bond acceptors (Lipinski definition) is 4. The predicted octanol–water partition coefficient (Wildman–Crippen LogP) is 1.15. The van der Waals surface area contributed by atoms with Gasteiger partial charge >= 0.3 is 5.97 Å². The lowest BCUT2D eigenvalue weighted by molar-refractivity contribution is -0.144. The second-order valence-corrected chi connectivity index (χ2v) is 5.91. The first-order chi connectivity index (χ1) is 10.4. The fourth-order valence-corrected chi connectivity index (χ4v) is 2.45. The van der Waals surface area contributed by atoms with E-state index in [2.05, 4.69) is 27.9 Å². The van der Waals surface area contributed by atoms with E-state index in [4.69, 9.17) is 10.5 Å². The molecule has 0 aromatic heterocycles. The molecule has 1 rings (SSSR count). The molecule has 0 heterocycles. The molecule has 7 heteroatoms. The maximum atomic E-state index is 11.8. The molecule has 2 amide bonds. The molecule has 0 radical (unpaired) electrons. The van der Waals surface area contributed by atoms with Crippen LogP contribution in [0.2, 0.25) is 0 Å². The number of rotatable bonds is 8. The summed E-state index contributed by atoms with van der Waals surface area (Å²) in [4.78, 5) is 34.5. The van der Waals surface area contributed by atoms with Crippen LogP contribution in [0.1, 0.15) is 25.3 Å². The first kappa shape index (κ1) is 18.4. The van der Waals surface area contributed by atoms with Gasteiger partial charge in [0.15, 0.2) is 0 Å². The highest BCUT2D eigenvalue weighted by Crippen LogP contribution is 2.10. The van der Waals surface area contributed by atoms with Gasteiger partial charge in [0.25, 0.3) is 0 Å². The third-order valence-corrected chi connectivity index (χ3v) is 3.54. The smallest absolute Gasteiger partial charge is 0.306 e. The van der Waals surface area contributed by atoms with Crippen molar-refractivity contribution >= 4 is 40.4 Å². The number of esters is 1. The summed E-state index contributed by atoms with van der Waals surface area (Å²) in [6.45, 7) is 1.97. The summed E-state index contributed by atoms with van der Waals surface area (Å²) >= 11 is 2.17. The number of carbonyl (C=O) groups is 3. The Morgan fingerprint density at radius 2 is 2.05 bits per heavy atom. The first-order valence-corrected chi connectivity index (χ1v) is 7.99. The van der Waals surface area contributed by atoms with Crippen molar-refractivity contribution in [2.24, 2.45) is 5.73 Å². The summed E-state index contributed by atoms with van der Waals surface area (Å²) in [7, 11) is 0. The maximum Gasteiger partial charge on any atom is 0.306 e. The molecule has 0 saturated carbocycles. The monoisotopic (exact) mass is 418 g/mol. The average Bonchev–Trinajstić information content (AvgIpc) is 2.45. The van der Waals surface area contributed by atoms with Gasteiger partial charge in [-0.2, -0.15) is 0 Å². The van der Waals surface area contributed by atoms with Crippen molar-refractivity contribution in [2.75, 3.05) is 6.61 Å². The quantitative estimate of drug-likeness (QED) is 0.489. The number of benzene rings is 1. The first-order valence-electron chi connectivity index (χ1n) is 6.91. The molecule has 0 fully saturated rings. The highest BCUT2D eigenvalue weighted by Gasteiger charge is 2.19. The zero-order valence-electron chi connectivity index (χ0n) is 12.3. The molecule has 120 valence electrons. The molecule has 0 unspecified atom stereocenters. The van der Waals surface area contributed by atoms with Gasteiger partial charge < -0.3 is 15.8 Å². The third kappa shape index (κ3) is 6.88. The second kappa shape index (κ2) is 9.39. The highest BCUT2D eigenvalue weighted by molar-refractivity contribution is 14.1. The molecule has 1 atom stereocenters. The van der Waals surface area contributed by atoms with E-state index in [-0.39, 0.29) is 19.4 Å². The number of nitrogens with two attached hydrogens (primary N) is 1. The molecule has 0 aliphatic heterocycles. The van der Waals surface area contributed by atoms with E-state index < -0.39 is 23.8 Å². The van der Waals surface area contributed by atoms with Crippen LogP contribution in [0.25, 0.3) is 0 Å². The highest BCUT2D eigenvalue weighted by atomic mass is 127. The molecule has 0 aliphatic carbocycles. The third-order valence-electron chi connectivity index (χ3n) is 2.87. The lowest BCUT2D eigenvalue weighted by atomic mass is 10.1. The van der Waals surface area contributed by atoms with Crippen LogP contribution in [0.15, 0.2) is 24.3 Å². The van der Waals surface area contributed by atoms with E-state index in [0.717, 1.165) is 9.13 Å². The lowest BCUT2D eigenvalue weighted by Gasteiger charge is -2.15. The Hall–Kier alpha value is -1.64. The number of primary amides is 1. The number of amides is 2. The van der Waals surface area contributed by atoms with Gasteiger partial charge in [0.1, 0.15) is 6.04 Å². The van der Waals surface area contributed by atoms with E-state index in [1.165, 1.54) is 0 Å². The fourth-order valence-electron chi connectivity index (χ4n) is 1.84. The normalized spacial score (nSPS) is 11.5. The lowest BCUT2D eigenvalue weighted by Crippen LogP contribution is -2.45. The second-order valence-electron chi connectivity index (χ2n) is 4.66. The summed E-state index contributed by atoms with van der Waals surface area (Å²) < 4.78 is 5.78. The molecule has 22 heavy (non-hydrogen) atoms. The SMILES string of the molecule is CCOC(=O)CCC(=O)N[C@H](Cc1cccc(I)c1)C(N)=O. The van der Waals surface area contributed by atoms with Crippen molar-refractivity contribution in [3.63, 3.8) is 0 Å².